The van der Waals surface area contributed by atoms with Crippen molar-refractivity contribution in [3.8, 4) is 0 Å². The molecular formula is C11H18O. The van der Waals surface area contributed by atoms with E-state index < -0.39 is 0 Å². The number of hydrogen-bond donors (Lipinski definition) is 0. The van der Waals surface area contributed by atoms with Crippen LogP contribution in [0.2, 0.25) is 0 Å². The number of Topliss-reactive ketones (excluding diaryl/α,β-unsaturated/α-hetero) is 1. The standard InChI is InChI=1S/C11H18O/c1-7-5-9-3-4-10(7)11(12)8(2)6-9/h7-10H,3-6H2,1-2H3. The minimum Gasteiger partial charge on any atom is -0.299 e. The molecule has 3 saturated carbocycles. The minimum atomic E-state index is 0.354. The molecule has 68 valence electrons. The van der Waals surface area contributed by atoms with Crippen LogP contribution in [0.25, 0.3) is 0 Å². The fraction of sp³-hybridized carbons (Fsp3) is 0.909. The number of fused-ring (bicyclic) bond motifs is 4. The van der Waals surface area contributed by atoms with Crippen LogP contribution in [-0.4, -0.2) is 5.78 Å². The highest BCUT2D eigenvalue weighted by Crippen LogP contribution is 2.42. The van der Waals surface area contributed by atoms with E-state index in [0.717, 1.165) is 5.92 Å². The zero-order chi connectivity index (χ0) is 8.72. The molecule has 3 aliphatic carbocycles. The molecule has 0 radical (unpaired) electrons. The predicted molar refractivity (Wildman–Crippen MR) is 48.8 cm³/mol. The molecule has 3 aliphatic rings. The van der Waals surface area contributed by atoms with Crippen molar-refractivity contribution in [3.05, 3.63) is 0 Å². The SMILES string of the molecule is CC1CC2CCC(C1=O)C(C)C2. The summed E-state index contributed by atoms with van der Waals surface area (Å²) in [5.74, 6) is 2.85. The molecule has 12 heavy (non-hydrogen) atoms. The number of rotatable bonds is 0. The van der Waals surface area contributed by atoms with Gasteiger partial charge in [-0.3, -0.25) is 4.79 Å². The maximum Gasteiger partial charge on any atom is 0.139 e. The number of hydrogen-bond acceptors (Lipinski definition) is 1. The molecule has 0 amide bonds. The molecule has 0 saturated heterocycles. The summed E-state index contributed by atoms with van der Waals surface area (Å²) >= 11 is 0. The van der Waals surface area contributed by atoms with E-state index in [1.165, 1.54) is 25.7 Å². The van der Waals surface area contributed by atoms with Gasteiger partial charge in [0.05, 0.1) is 0 Å². The lowest BCUT2D eigenvalue weighted by molar-refractivity contribution is -0.127. The summed E-state index contributed by atoms with van der Waals surface area (Å²) in [6, 6.07) is 0. The van der Waals surface area contributed by atoms with Crippen molar-refractivity contribution in [3.63, 3.8) is 0 Å². The highest BCUT2D eigenvalue weighted by molar-refractivity contribution is 5.84. The van der Waals surface area contributed by atoms with Crippen molar-refractivity contribution in [1.82, 2.24) is 0 Å². The molecular weight excluding hydrogens is 148 g/mol. The Morgan fingerprint density at radius 2 is 1.92 bits per heavy atom. The quantitative estimate of drug-likeness (QED) is 0.540. The molecule has 0 aromatic heterocycles. The Hall–Kier alpha value is -0.330. The van der Waals surface area contributed by atoms with Gasteiger partial charge in [-0.1, -0.05) is 13.8 Å². The lowest BCUT2D eigenvalue weighted by Gasteiger charge is -2.28. The molecule has 3 fully saturated rings. The second-order valence-electron chi connectivity index (χ2n) is 4.80. The summed E-state index contributed by atoms with van der Waals surface area (Å²) in [5.41, 5.74) is 0. The molecule has 1 heteroatoms. The zero-order valence-corrected chi connectivity index (χ0v) is 8.05. The second kappa shape index (κ2) is 2.86. The minimum absolute atomic E-state index is 0.354. The van der Waals surface area contributed by atoms with Gasteiger partial charge in [-0.05, 0) is 37.5 Å². The van der Waals surface area contributed by atoms with Crippen LogP contribution in [-0.2, 0) is 4.79 Å². The van der Waals surface area contributed by atoms with E-state index in [0.29, 0.717) is 23.5 Å². The van der Waals surface area contributed by atoms with Crippen molar-refractivity contribution in [1.29, 1.82) is 0 Å². The normalized spacial score (nSPS) is 47.7. The molecule has 0 aliphatic heterocycles. The van der Waals surface area contributed by atoms with Crippen molar-refractivity contribution in [2.45, 2.75) is 39.5 Å². The summed E-state index contributed by atoms with van der Waals surface area (Å²) in [7, 11) is 0. The third kappa shape index (κ3) is 1.19. The Balaban J connectivity index is 2.23. The number of ketones is 1. The van der Waals surface area contributed by atoms with Crippen LogP contribution < -0.4 is 0 Å². The summed E-state index contributed by atoms with van der Waals surface area (Å²) in [4.78, 5) is 11.8. The van der Waals surface area contributed by atoms with Gasteiger partial charge in [-0.25, -0.2) is 0 Å². The Kier molecular flexibility index (Phi) is 1.97. The third-order valence-corrected chi connectivity index (χ3v) is 3.82. The monoisotopic (exact) mass is 166 g/mol. The predicted octanol–water partition coefficient (Wildman–Crippen LogP) is 2.65. The second-order valence-corrected chi connectivity index (χ2v) is 4.80. The van der Waals surface area contributed by atoms with Crippen LogP contribution >= 0.6 is 0 Å². The van der Waals surface area contributed by atoms with Gasteiger partial charge in [-0.15, -0.1) is 0 Å². The lowest BCUT2D eigenvalue weighted by Crippen LogP contribution is -2.25. The average Bonchev–Trinajstić information content (AvgIpc) is 2.19. The zero-order valence-electron chi connectivity index (χ0n) is 8.05. The molecule has 0 aromatic carbocycles. The average molecular weight is 166 g/mol. The molecule has 0 aromatic rings. The van der Waals surface area contributed by atoms with Crippen molar-refractivity contribution < 1.29 is 4.79 Å². The van der Waals surface area contributed by atoms with Crippen LogP contribution in [0.15, 0.2) is 0 Å². The Labute approximate surface area is 74.5 Å². The van der Waals surface area contributed by atoms with Crippen LogP contribution in [0.5, 0.6) is 0 Å². The van der Waals surface area contributed by atoms with E-state index in [2.05, 4.69) is 13.8 Å². The van der Waals surface area contributed by atoms with Crippen LogP contribution in [0.4, 0.5) is 0 Å². The molecule has 0 heterocycles. The Morgan fingerprint density at radius 1 is 1.17 bits per heavy atom. The van der Waals surface area contributed by atoms with E-state index in [-0.39, 0.29) is 0 Å². The van der Waals surface area contributed by atoms with E-state index in [1.54, 1.807) is 0 Å². The smallest absolute Gasteiger partial charge is 0.139 e. The van der Waals surface area contributed by atoms with Gasteiger partial charge in [0.1, 0.15) is 5.78 Å². The van der Waals surface area contributed by atoms with Gasteiger partial charge in [0.2, 0.25) is 0 Å². The maximum atomic E-state index is 11.8. The van der Waals surface area contributed by atoms with E-state index in [1.807, 2.05) is 0 Å². The van der Waals surface area contributed by atoms with Crippen LogP contribution in [0.1, 0.15) is 39.5 Å². The maximum absolute atomic E-state index is 11.8. The number of carbonyl (C=O) groups is 1. The summed E-state index contributed by atoms with van der Waals surface area (Å²) in [6.07, 6.45) is 4.96. The molecule has 3 rings (SSSR count). The highest BCUT2D eigenvalue weighted by atomic mass is 16.1. The largest absolute Gasteiger partial charge is 0.299 e. The van der Waals surface area contributed by atoms with Crippen LogP contribution in [0, 0.1) is 23.7 Å². The molecule has 1 nitrogen and oxygen atoms in total. The van der Waals surface area contributed by atoms with Gasteiger partial charge in [0, 0.05) is 11.8 Å². The molecule has 0 N–H and O–H groups in total. The molecule has 4 atom stereocenters. The third-order valence-electron chi connectivity index (χ3n) is 3.82. The van der Waals surface area contributed by atoms with Gasteiger partial charge in [0.15, 0.2) is 0 Å². The van der Waals surface area contributed by atoms with E-state index in [4.69, 9.17) is 0 Å². The van der Waals surface area contributed by atoms with Gasteiger partial charge in [0.25, 0.3) is 0 Å². The van der Waals surface area contributed by atoms with Gasteiger partial charge in [-0.2, -0.15) is 0 Å². The molecule has 0 spiro atoms. The molecule has 2 bridgehead atoms. The summed E-state index contributed by atoms with van der Waals surface area (Å²) < 4.78 is 0. The first-order valence-corrected chi connectivity index (χ1v) is 5.22. The van der Waals surface area contributed by atoms with Gasteiger partial charge < -0.3 is 0 Å². The van der Waals surface area contributed by atoms with Crippen molar-refractivity contribution in [2.24, 2.45) is 23.7 Å². The van der Waals surface area contributed by atoms with E-state index in [9.17, 15) is 4.79 Å². The summed E-state index contributed by atoms with van der Waals surface area (Å²) in [6.45, 7) is 4.37. The molecule has 4 unspecified atom stereocenters. The fourth-order valence-electron chi connectivity index (χ4n) is 3.13. The van der Waals surface area contributed by atoms with Gasteiger partial charge >= 0.3 is 0 Å². The Morgan fingerprint density at radius 3 is 2.58 bits per heavy atom. The van der Waals surface area contributed by atoms with Crippen molar-refractivity contribution in [2.75, 3.05) is 0 Å². The first-order valence-electron chi connectivity index (χ1n) is 5.22. The highest BCUT2D eigenvalue weighted by Gasteiger charge is 2.39. The number of carbonyl (C=O) groups excluding carboxylic acids is 1. The Bertz CT molecular complexity index is 197. The topological polar surface area (TPSA) is 17.1 Å². The lowest BCUT2D eigenvalue weighted by atomic mass is 9.76. The fourth-order valence-corrected chi connectivity index (χ4v) is 3.13. The van der Waals surface area contributed by atoms with Crippen LogP contribution in [0.3, 0.4) is 0 Å². The first-order chi connectivity index (χ1) is 5.68. The van der Waals surface area contributed by atoms with Crippen molar-refractivity contribution >= 4 is 5.78 Å². The summed E-state index contributed by atoms with van der Waals surface area (Å²) in [5, 5.41) is 0. The first kappa shape index (κ1) is 8.28. The van der Waals surface area contributed by atoms with E-state index >= 15 is 0 Å².